The quantitative estimate of drug-likeness (QED) is 0.215. The van der Waals surface area contributed by atoms with Gasteiger partial charge in [0.15, 0.2) is 0 Å². The van der Waals surface area contributed by atoms with Crippen LogP contribution in [0, 0.1) is 5.92 Å². The fourth-order valence-electron chi connectivity index (χ4n) is 4.64. The second-order valence-electron chi connectivity index (χ2n) is 11.0. The van der Waals surface area contributed by atoms with Crippen LogP contribution in [0.15, 0.2) is 66.7 Å². The number of amides is 4. The summed E-state index contributed by atoms with van der Waals surface area (Å²) < 4.78 is 10.6. The van der Waals surface area contributed by atoms with Crippen LogP contribution in [0.2, 0.25) is 0 Å². The van der Waals surface area contributed by atoms with E-state index in [1.165, 1.54) is 32.2 Å². The molecule has 0 unspecified atom stereocenters. The van der Waals surface area contributed by atoms with Gasteiger partial charge in [0.1, 0.15) is 35.4 Å². The number of phenolic OH excluding ortho intramolecular Hbond substituents is 1. The van der Waals surface area contributed by atoms with Gasteiger partial charge < -0.3 is 35.8 Å². The first-order valence-corrected chi connectivity index (χ1v) is 14.4. The first-order valence-electron chi connectivity index (χ1n) is 14.4. The Morgan fingerprint density at radius 2 is 1.60 bits per heavy atom. The number of hydrogen-bond acceptors (Lipinski definition) is 8. The van der Waals surface area contributed by atoms with Gasteiger partial charge >= 0.3 is 5.97 Å². The molecule has 3 aromatic carbocycles. The molecule has 12 heteroatoms. The highest BCUT2D eigenvalue weighted by atomic mass is 16.5. The molecule has 3 atom stereocenters. The van der Waals surface area contributed by atoms with Crippen molar-refractivity contribution < 1.29 is 38.6 Å². The molecule has 2 aliphatic rings. The summed E-state index contributed by atoms with van der Waals surface area (Å²) in [4.78, 5) is 64.6. The molecule has 0 saturated heterocycles. The molecule has 0 spiro atoms. The number of carbonyl (C=O) groups excluding carboxylic acids is 5. The number of esters is 1. The minimum atomic E-state index is -1.05. The van der Waals surface area contributed by atoms with Crippen LogP contribution in [0.25, 0.3) is 0 Å². The zero-order chi connectivity index (χ0) is 32.7. The number of ether oxygens (including phenoxy) is 2. The molecule has 2 heterocycles. The topological polar surface area (TPSA) is 172 Å². The number of methoxy groups -OCH3 is 1. The van der Waals surface area contributed by atoms with Crippen LogP contribution in [0.1, 0.15) is 52.6 Å². The first kappa shape index (κ1) is 32.5. The third-order valence-electron chi connectivity index (χ3n) is 7.27. The average molecular weight is 617 g/mol. The minimum absolute atomic E-state index is 0.0808. The Kier molecular flexibility index (Phi) is 10.4. The third kappa shape index (κ3) is 8.37. The molecule has 4 amide bonds. The number of benzene rings is 3. The Balaban J connectivity index is 1.60. The summed E-state index contributed by atoms with van der Waals surface area (Å²) >= 11 is 0. The summed E-state index contributed by atoms with van der Waals surface area (Å²) in [5.74, 6) is -2.78. The predicted molar refractivity (Wildman–Crippen MR) is 164 cm³/mol. The van der Waals surface area contributed by atoms with Crippen LogP contribution in [-0.2, 0) is 32.1 Å². The van der Waals surface area contributed by atoms with Gasteiger partial charge in [-0.1, -0.05) is 38.1 Å². The lowest BCUT2D eigenvalue weighted by atomic mass is 10.0. The molecule has 5 N–H and O–H groups in total. The second kappa shape index (κ2) is 14.4. The lowest BCUT2D eigenvalue weighted by molar-refractivity contribution is -0.132. The molecule has 236 valence electrons. The van der Waals surface area contributed by atoms with Crippen molar-refractivity contribution in [1.82, 2.24) is 21.3 Å². The maximum absolute atomic E-state index is 13.4. The van der Waals surface area contributed by atoms with Crippen molar-refractivity contribution in [3.05, 3.63) is 89.0 Å². The normalized spacial score (nSPS) is 18.9. The van der Waals surface area contributed by atoms with Gasteiger partial charge in [-0.25, -0.2) is 4.79 Å². The molecule has 0 aliphatic carbocycles. The van der Waals surface area contributed by atoms with Crippen LogP contribution < -0.4 is 26.0 Å². The Morgan fingerprint density at radius 1 is 0.933 bits per heavy atom. The zero-order valence-corrected chi connectivity index (χ0v) is 25.4. The first-order chi connectivity index (χ1) is 21.4. The monoisotopic (exact) mass is 616 g/mol. The number of carbonyl (C=O) groups is 5. The van der Waals surface area contributed by atoms with Crippen LogP contribution >= 0.6 is 0 Å². The van der Waals surface area contributed by atoms with Gasteiger partial charge in [0.05, 0.1) is 18.2 Å². The highest BCUT2D eigenvalue weighted by Crippen LogP contribution is 2.28. The lowest BCUT2D eigenvalue weighted by Gasteiger charge is -2.25. The molecule has 0 radical (unpaired) electrons. The van der Waals surface area contributed by atoms with Crippen molar-refractivity contribution in [2.45, 2.75) is 51.9 Å². The average Bonchev–Trinajstić information content (AvgIpc) is 3.02. The largest absolute Gasteiger partial charge is 0.507 e. The molecular formula is C33H36N4O8. The number of hydrogen-bond donors (Lipinski definition) is 5. The Bertz CT molecular complexity index is 1570. The number of fused-ring (bicyclic) bond motifs is 11. The standard InChI is InChI=1S/C33H36N4O8/c1-18(2)28-32(42)35-19(3)29(39)36-26(31(41)34-17-21-5-9-22(10-6-21)33(43)44-4)15-20-7-11-23(12-8-20)45-24-13-14-27(38)25(16-24)30(40)37-28/h5-14,16,18-19,26,28,38H,15,17H2,1-4H3,(H,34,41)(H,35,42)(H,36,39)(H,37,40)/t19-,26+,28-/m0/s1. The summed E-state index contributed by atoms with van der Waals surface area (Å²) in [5, 5.41) is 21.2. The molecule has 12 nitrogen and oxygen atoms in total. The van der Waals surface area contributed by atoms with Crippen LogP contribution in [-0.4, -0.2) is 59.9 Å². The van der Waals surface area contributed by atoms with Gasteiger partial charge in [0, 0.05) is 13.0 Å². The Morgan fingerprint density at radius 3 is 2.24 bits per heavy atom. The summed E-state index contributed by atoms with van der Waals surface area (Å²) in [5.41, 5.74) is 1.73. The highest BCUT2D eigenvalue weighted by molar-refractivity contribution is 6.00. The van der Waals surface area contributed by atoms with Crippen molar-refractivity contribution in [3.63, 3.8) is 0 Å². The van der Waals surface area contributed by atoms with Gasteiger partial charge in [-0.3, -0.25) is 19.2 Å². The fraction of sp³-hybridized carbons (Fsp3) is 0.303. The Labute approximate surface area is 260 Å². The molecule has 0 aromatic heterocycles. The third-order valence-corrected chi connectivity index (χ3v) is 7.27. The number of phenols is 1. The van der Waals surface area contributed by atoms with Crippen LogP contribution in [0.4, 0.5) is 0 Å². The van der Waals surface area contributed by atoms with Crippen molar-refractivity contribution in [2.75, 3.05) is 7.11 Å². The van der Waals surface area contributed by atoms with E-state index >= 15 is 0 Å². The molecular weight excluding hydrogens is 580 g/mol. The van der Waals surface area contributed by atoms with Crippen molar-refractivity contribution in [3.8, 4) is 17.2 Å². The van der Waals surface area contributed by atoms with E-state index in [0.29, 0.717) is 16.9 Å². The molecule has 3 aromatic rings. The molecule has 4 bridgehead atoms. The lowest BCUT2D eigenvalue weighted by Crippen LogP contribution is -2.57. The van der Waals surface area contributed by atoms with Gasteiger partial charge in [-0.2, -0.15) is 0 Å². The summed E-state index contributed by atoms with van der Waals surface area (Å²) in [7, 11) is 1.29. The second-order valence-corrected chi connectivity index (χ2v) is 11.0. The van der Waals surface area contributed by atoms with E-state index in [1.54, 1.807) is 62.4 Å². The van der Waals surface area contributed by atoms with Gasteiger partial charge in [0.25, 0.3) is 5.91 Å². The smallest absolute Gasteiger partial charge is 0.337 e. The number of rotatable bonds is 5. The van der Waals surface area contributed by atoms with Crippen molar-refractivity contribution in [2.24, 2.45) is 5.92 Å². The van der Waals surface area contributed by atoms with Gasteiger partial charge in [-0.05, 0) is 66.4 Å². The number of nitrogens with one attached hydrogen (secondary N) is 4. The zero-order valence-electron chi connectivity index (χ0n) is 25.4. The highest BCUT2D eigenvalue weighted by Gasteiger charge is 2.30. The van der Waals surface area contributed by atoms with E-state index in [2.05, 4.69) is 21.3 Å². The predicted octanol–water partition coefficient (Wildman–Crippen LogP) is 2.59. The van der Waals surface area contributed by atoms with Gasteiger partial charge in [-0.15, -0.1) is 0 Å². The molecule has 45 heavy (non-hydrogen) atoms. The van der Waals surface area contributed by atoms with E-state index in [0.717, 1.165) is 5.56 Å². The van der Waals surface area contributed by atoms with E-state index in [-0.39, 0.29) is 35.9 Å². The van der Waals surface area contributed by atoms with E-state index in [4.69, 9.17) is 9.47 Å². The maximum Gasteiger partial charge on any atom is 0.337 e. The fourth-order valence-corrected chi connectivity index (χ4v) is 4.64. The van der Waals surface area contributed by atoms with E-state index in [9.17, 15) is 29.1 Å². The Hall–Kier alpha value is -5.39. The SMILES string of the molecule is COC(=O)c1ccc(CNC(=O)[C@H]2Cc3ccc(cc3)Oc3ccc(O)c(c3)C(=O)N[C@@H](C(C)C)C(=O)N[C@@H](C)C(=O)N2)cc1. The molecule has 0 saturated carbocycles. The van der Waals surface area contributed by atoms with Crippen LogP contribution in [0.5, 0.6) is 17.2 Å². The van der Waals surface area contributed by atoms with E-state index in [1.807, 2.05) is 0 Å². The van der Waals surface area contributed by atoms with Crippen LogP contribution in [0.3, 0.4) is 0 Å². The maximum atomic E-state index is 13.4. The van der Waals surface area contributed by atoms with Gasteiger partial charge in [0.2, 0.25) is 17.7 Å². The number of aromatic hydroxyl groups is 1. The van der Waals surface area contributed by atoms with Crippen molar-refractivity contribution >= 4 is 29.6 Å². The molecule has 2 aliphatic heterocycles. The summed E-state index contributed by atoms with van der Waals surface area (Å²) in [6.45, 7) is 5.07. The molecule has 0 fully saturated rings. The molecule has 5 rings (SSSR count). The minimum Gasteiger partial charge on any atom is -0.507 e. The summed E-state index contributed by atoms with van der Waals surface area (Å²) in [6.07, 6.45) is 0.133. The van der Waals surface area contributed by atoms with Crippen molar-refractivity contribution in [1.29, 1.82) is 0 Å². The van der Waals surface area contributed by atoms with E-state index < -0.39 is 47.7 Å². The summed E-state index contributed by atoms with van der Waals surface area (Å²) in [6, 6.07) is 14.5.